The molecule has 1 aliphatic heterocycles. The van der Waals surface area contributed by atoms with Crippen LogP contribution in [0.5, 0.6) is 0 Å². The molecule has 0 aromatic heterocycles. The van der Waals surface area contributed by atoms with E-state index in [9.17, 15) is 14.4 Å². The van der Waals surface area contributed by atoms with E-state index in [0.29, 0.717) is 25.9 Å². The number of likely N-dealkylation sites (tertiary alicyclic amines) is 1. The van der Waals surface area contributed by atoms with Crippen LogP contribution in [-0.2, 0) is 25.5 Å². The number of nitrogens with one attached hydrogen (secondary N) is 1. The molecule has 0 bridgehead atoms. The standard InChI is InChI=1S/C21H24N2O4/c1-27-21(26)16-9-11-23(12-10-16)20(25)14-22-19(24)13-17-7-4-6-15-5-2-3-8-18(15)17/h2-8,16H,9-14H2,1H3,(H,22,24). The first-order valence-electron chi connectivity index (χ1n) is 9.17. The maximum absolute atomic E-state index is 12.3. The Morgan fingerprint density at radius 2 is 1.78 bits per heavy atom. The summed E-state index contributed by atoms with van der Waals surface area (Å²) in [5.41, 5.74) is 0.942. The number of esters is 1. The summed E-state index contributed by atoms with van der Waals surface area (Å²) < 4.78 is 4.75. The van der Waals surface area contributed by atoms with Crippen LogP contribution in [0.2, 0.25) is 0 Å². The van der Waals surface area contributed by atoms with Crippen LogP contribution >= 0.6 is 0 Å². The van der Waals surface area contributed by atoms with Gasteiger partial charge >= 0.3 is 5.97 Å². The molecule has 0 saturated carbocycles. The van der Waals surface area contributed by atoms with Crippen LogP contribution in [-0.4, -0.2) is 49.4 Å². The minimum absolute atomic E-state index is 0.0213. The number of hydrogen-bond donors (Lipinski definition) is 1. The summed E-state index contributed by atoms with van der Waals surface area (Å²) in [5, 5.41) is 4.85. The summed E-state index contributed by atoms with van der Waals surface area (Å²) in [6.45, 7) is 1.00. The number of carbonyl (C=O) groups is 3. The van der Waals surface area contributed by atoms with Gasteiger partial charge in [-0.1, -0.05) is 42.5 Å². The molecule has 0 spiro atoms. The second-order valence-electron chi connectivity index (χ2n) is 6.77. The first-order valence-corrected chi connectivity index (χ1v) is 9.17. The smallest absolute Gasteiger partial charge is 0.308 e. The van der Waals surface area contributed by atoms with Gasteiger partial charge in [-0.2, -0.15) is 0 Å². The van der Waals surface area contributed by atoms with Crippen molar-refractivity contribution >= 4 is 28.6 Å². The highest BCUT2D eigenvalue weighted by atomic mass is 16.5. The van der Waals surface area contributed by atoms with Crippen LogP contribution in [0.3, 0.4) is 0 Å². The van der Waals surface area contributed by atoms with E-state index in [1.165, 1.54) is 7.11 Å². The summed E-state index contributed by atoms with van der Waals surface area (Å²) in [6.07, 6.45) is 1.43. The van der Waals surface area contributed by atoms with Crippen molar-refractivity contribution in [3.05, 3.63) is 48.0 Å². The third-order valence-corrected chi connectivity index (χ3v) is 5.05. The zero-order valence-corrected chi connectivity index (χ0v) is 15.4. The molecule has 27 heavy (non-hydrogen) atoms. The molecule has 1 aliphatic rings. The zero-order chi connectivity index (χ0) is 19.2. The summed E-state index contributed by atoms with van der Waals surface area (Å²) in [6, 6.07) is 13.8. The Balaban J connectivity index is 1.49. The number of nitrogens with zero attached hydrogens (tertiary/aromatic N) is 1. The van der Waals surface area contributed by atoms with Gasteiger partial charge < -0.3 is 15.0 Å². The molecule has 0 radical (unpaired) electrons. The lowest BCUT2D eigenvalue weighted by Gasteiger charge is -2.30. The van der Waals surface area contributed by atoms with E-state index >= 15 is 0 Å². The van der Waals surface area contributed by atoms with Gasteiger partial charge in [0.1, 0.15) is 0 Å². The molecule has 2 amide bonds. The van der Waals surface area contributed by atoms with E-state index < -0.39 is 0 Å². The van der Waals surface area contributed by atoms with Gasteiger partial charge in [0, 0.05) is 13.1 Å². The quantitative estimate of drug-likeness (QED) is 0.818. The van der Waals surface area contributed by atoms with Crippen LogP contribution < -0.4 is 5.32 Å². The Bertz CT molecular complexity index is 836. The van der Waals surface area contributed by atoms with E-state index in [2.05, 4.69) is 5.32 Å². The van der Waals surface area contributed by atoms with Gasteiger partial charge in [0.2, 0.25) is 11.8 Å². The normalized spacial score (nSPS) is 14.8. The molecular weight excluding hydrogens is 344 g/mol. The molecule has 6 heteroatoms. The minimum Gasteiger partial charge on any atom is -0.469 e. The van der Waals surface area contributed by atoms with Gasteiger partial charge in [0.15, 0.2) is 0 Å². The second kappa shape index (κ2) is 8.66. The van der Waals surface area contributed by atoms with Crippen LogP contribution in [0.15, 0.2) is 42.5 Å². The maximum atomic E-state index is 12.3. The van der Waals surface area contributed by atoms with E-state index in [1.807, 2.05) is 42.5 Å². The fourth-order valence-corrected chi connectivity index (χ4v) is 3.50. The number of fused-ring (bicyclic) bond motifs is 1. The van der Waals surface area contributed by atoms with Gasteiger partial charge in [-0.25, -0.2) is 0 Å². The molecule has 142 valence electrons. The van der Waals surface area contributed by atoms with Gasteiger partial charge in [-0.05, 0) is 29.2 Å². The largest absolute Gasteiger partial charge is 0.469 e. The highest BCUT2D eigenvalue weighted by Gasteiger charge is 2.27. The number of carbonyl (C=O) groups excluding carboxylic acids is 3. The van der Waals surface area contributed by atoms with Crippen molar-refractivity contribution in [3.8, 4) is 0 Å². The van der Waals surface area contributed by atoms with Crippen molar-refractivity contribution in [3.63, 3.8) is 0 Å². The molecule has 0 unspecified atom stereocenters. The topological polar surface area (TPSA) is 75.7 Å². The third-order valence-electron chi connectivity index (χ3n) is 5.05. The van der Waals surface area contributed by atoms with Crippen molar-refractivity contribution in [1.29, 1.82) is 0 Å². The first kappa shape index (κ1) is 18.9. The zero-order valence-electron chi connectivity index (χ0n) is 15.4. The SMILES string of the molecule is COC(=O)C1CCN(C(=O)CNC(=O)Cc2cccc3ccccc23)CC1. The summed E-state index contributed by atoms with van der Waals surface area (Å²) >= 11 is 0. The second-order valence-corrected chi connectivity index (χ2v) is 6.77. The third kappa shape index (κ3) is 4.64. The van der Waals surface area contributed by atoms with Gasteiger partial charge in [-0.3, -0.25) is 14.4 Å². The van der Waals surface area contributed by atoms with Crippen molar-refractivity contribution in [2.24, 2.45) is 5.92 Å². The minimum atomic E-state index is -0.217. The fraction of sp³-hybridized carbons (Fsp3) is 0.381. The molecule has 0 atom stereocenters. The van der Waals surface area contributed by atoms with E-state index in [0.717, 1.165) is 16.3 Å². The van der Waals surface area contributed by atoms with Crippen molar-refractivity contribution in [1.82, 2.24) is 10.2 Å². The number of rotatable bonds is 5. The van der Waals surface area contributed by atoms with Crippen molar-refractivity contribution in [2.75, 3.05) is 26.7 Å². The molecule has 6 nitrogen and oxygen atoms in total. The lowest BCUT2D eigenvalue weighted by Crippen LogP contribution is -2.45. The molecule has 1 heterocycles. The monoisotopic (exact) mass is 368 g/mol. The Morgan fingerprint density at radius 1 is 1.07 bits per heavy atom. The van der Waals surface area contributed by atoms with Gasteiger partial charge in [-0.15, -0.1) is 0 Å². The van der Waals surface area contributed by atoms with Gasteiger partial charge in [0.05, 0.1) is 26.0 Å². The van der Waals surface area contributed by atoms with E-state index in [4.69, 9.17) is 4.74 Å². The number of piperidine rings is 1. The molecule has 1 N–H and O–H groups in total. The predicted octanol–water partition coefficient (Wildman–Crippen LogP) is 1.91. The molecule has 1 fully saturated rings. The summed E-state index contributed by atoms with van der Waals surface area (Å²) in [5.74, 6) is -0.653. The van der Waals surface area contributed by atoms with Crippen molar-refractivity contribution in [2.45, 2.75) is 19.3 Å². The molecule has 2 aromatic carbocycles. The Kier molecular flexibility index (Phi) is 6.06. The average Bonchev–Trinajstić information content (AvgIpc) is 2.72. The van der Waals surface area contributed by atoms with E-state index in [-0.39, 0.29) is 36.7 Å². The van der Waals surface area contributed by atoms with Crippen LogP contribution in [0.4, 0.5) is 0 Å². The highest BCUT2D eigenvalue weighted by molar-refractivity contribution is 5.91. The number of ether oxygens (including phenoxy) is 1. The first-order chi connectivity index (χ1) is 13.1. The molecular formula is C21H24N2O4. The molecule has 0 aliphatic carbocycles. The average molecular weight is 368 g/mol. The molecule has 1 saturated heterocycles. The summed E-state index contributed by atoms with van der Waals surface area (Å²) in [4.78, 5) is 37.8. The lowest BCUT2D eigenvalue weighted by atomic mass is 9.97. The number of methoxy groups -OCH3 is 1. The van der Waals surface area contributed by atoms with Gasteiger partial charge in [0.25, 0.3) is 0 Å². The highest BCUT2D eigenvalue weighted by Crippen LogP contribution is 2.19. The van der Waals surface area contributed by atoms with Crippen LogP contribution in [0.1, 0.15) is 18.4 Å². The number of benzene rings is 2. The fourth-order valence-electron chi connectivity index (χ4n) is 3.50. The number of hydrogen-bond acceptors (Lipinski definition) is 4. The molecule has 2 aromatic rings. The van der Waals surface area contributed by atoms with Crippen LogP contribution in [0.25, 0.3) is 10.8 Å². The van der Waals surface area contributed by atoms with Crippen molar-refractivity contribution < 1.29 is 19.1 Å². The molecule has 3 rings (SSSR count). The maximum Gasteiger partial charge on any atom is 0.308 e. The van der Waals surface area contributed by atoms with E-state index in [1.54, 1.807) is 4.90 Å². The lowest BCUT2D eigenvalue weighted by molar-refractivity contribution is -0.148. The van der Waals surface area contributed by atoms with Crippen LogP contribution in [0, 0.1) is 5.92 Å². The Labute approximate surface area is 158 Å². The predicted molar refractivity (Wildman–Crippen MR) is 102 cm³/mol. The summed E-state index contributed by atoms with van der Waals surface area (Å²) in [7, 11) is 1.38. The number of amides is 2. The Morgan fingerprint density at radius 3 is 2.52 bits per heavy atom. The Hall–Kier alpha value is -2.89.